The van der Waals surface area contributed by atoms with Crippen LogP contribution in [0.1, 0.15) is 32.8 Å². The Balaban J connectivity index is 1.60. The number of aromatic nitrogens is 4. The molecule has 1 aliphatic rings. The summed E-state index contributed by atoms with van der Waals surface area (Å²) >= 11 is 0. The zero-order valence-electron chi connectivity index (χ0n) is 20.7. The van der Waals surface area contributed by atoms with Crippen molar-refractivity contribution in [3.05, 3.63) is 29.7 Å². The summed E-state index contributed by atoms with van der Waals surface area (Å²) in [6.07, 6.45) is 2.20. The van der Waals surface area contributed by atoms with Crippen molar-refractivity contribution in [3.8, 4) is 17.1 Å². The van der Waals surface area contributed by atoms with Gasteiger partial charge in [-0.3, -0.25) is 0 Å². The van der Waals surface area contributed by atoms with E-state index in [1.165, 1.54) is 19.2 Å². The standard InChI is InChI=1S/C24H31FN6O3/c1-14-10-15(25)11-17(33-7)19(14)21-28-20-22(30(21)6)26-12-18(27-20)29(5)16-8-9-31(13-16)23(32)34-24(2,3)4/h10-12,16H,8-9,13H2,1-7H3/t16-/m1/s1. The maximum Gasteiger partial charge on any atom is 0.410 e. The molecule has 0 spiro atoms. The van der Waals surface area contributed by atoms with E-state index in [0.717, 1.165) is 6.42 Å². The zero-order valence-corrected chi connectivity index (χ0v) is 20.7. The van der Waals surface area contributed by atoms with Gasteiger partial charge in [-0.2, -0.15) is 0 Å². The molecule has 3 heterocycles. The van der Waals surface area contributed by atoms with E-state index in [1.54, 1.807) is 11.1 Å². The average Bonchev–Trinajstić information content (AvgIpc) is 3.37. The molecule has 2 aromatic heterocycles. The van der Waals surface area contributed by atoms with E-state index < -0.39 is 5.60 Å². The molecular formula is C24H31FN6O3. The molecule has 1 fully saturated rings. The topological polar surface area (TPSA) is 85.6 Å². The predicted molar refractivity (Wildman–Crippen MR) is 128 cm³/mol. The van der Waals surface area contributed by atoms with E-state index in [1.807, 2.05) is 51.3 Å². The van der Waals surface area contributed by atoms with Crippen LogP contribution >= 0.6 is 0 Å². The lowest BCUT2D eigenvalue weighted by Gasteiger charge is -2.27. The number of amides is 1. The van der Waals surface area contributed by atoms with Crippen LogP contribution in [0.25, 0.3) is 22.7 Å². The molecule has 10 heteroatoms. The molecule has 0 unspecified atom stereocenters. The first-order valence-electron chi connectivity index (χ1n) is 11.2. The highest BCUT2D eigenvalue weighted by molar-refractivity contribution is 5.78. The molecule has 9 nitrogen and oxygen atoms in total. The van der Waals surface area contributed by atoms with E-state index in [4.69, 9.17) is 19.4 Å². The third-order valence-electron chi connectivity index (χ3n) is 6.00. The molecular weight excluding hydrogens is 439 g/mol. The van der Waals surface area contributed by atoms with Crippen LogP contribution in [-0.2, 0) is 11.8 Å². The average molecular weight is 471 g/mol. The van der Waals surface area contributed by atoms with Crippen LogP contribution in [0.15, 0.2) is 18.3 Å². The summed E-state index contributed by atoms with van der Waals surface area (Å²) < 4.78 is 26.6. The minimum atomic E-state index is -0.528. The normalized spacial score (nSPS) is 16.2. The van der Waals surface area contributed by atoms with Crippen molar-refractivity contribution in [2.45, 2.75) is 45.8 Å². The molecule has 182 valence electrons. The number of benzene rings is 1. The van der Waals surface area contributed by atoms with Crippen LogP contribution in [0.3, 0.4) is 0 Å². The largest absolute Gasteiger partial charge is 0.496 e. The van der Waals surface area contributed by atoms with Crippen molar-refractivity contribution in [3.63, 3.8) is 0 Å². The van der Waals surface area contributed by atoms with E-state index >= 15 is 0 Å². The van der Waals surface area contributed by atoms with Gasteiger partial charge in [-0.05, 0) is 45.7 Å². The third kappa shape index (κ3) is 4.49. The SMILES string of the molecule is COc1cc(F)cc(C)c1-c1nc2nc(N(C)[C@@H]3CCN(C(=O)OC(C)(C)C)C3)cnc2n1C. The number of nitrogens with zero attached hydrogens (tertiary/aromatic N) is 6. The van der Waals surface area contributed by atoms with Crippen molar-refractivity contribution in [1.29, 1.82) is 0 Å². The molecule has 1 aliphatic heterocycles. The molecule has 34 heavy (non-hydrogen) atoms. The highest BCUT2D eigenvalue weighted by Gasteiger charge is 2.32. The zero-order chi connectivity index (χ0) is 24.8. The Morgan fingerprint density at radius 3 is 2.68 bits per heavy atom. The van der Waals surface area contributed by atoms with Crippen molar-refractivity contribution in [2.75, 3.05) is 32.1 Å². The molecule has 1 aromatic carbocycles. The van der Waals surface area contributed by atoms with Crippen LogP contribution < -0.4 is 9.64 Å². The number of methoxy groups -OCH3 is 1. The number of imidazole rings is 1. The Hall–Kier alpha value is -3.43. The number of rotatable bonds is 4. The third-order valence-corrected chi connectivity index (χ3v) is 6.00. The summed E-state index contributed by atoms with van der Waals surface area (Å²) in [7, 11) is 5.29. The molecule has 3 aromatic rings. The van der Waals surface area contributed by atoms with Crippen molar-refractivity contribution in [2.24, 2.45) is 7.05 Å². The Bertz CT molecular complexity index is 1240. The van der Waals surface area contributed by atoms with Crippen molar-refractivity contribution < 1.29 is 18.7 Å². The van der Waals surface area contributed by atoms with Crippen molar-refractivity contribution >= 4 is 23.2 Å². The van der Waals surface area contributed by atoms with Gasteiger partial charge in [0.25, 0.3) is 0 Å². The number of ether oxygens (including phenoxy) is 2. The number of halogens is 1. The Morgan fingerprint density at radius 2 is 2.00 bits per heavy atom. The number of aryl methyl sites for hydroxylation is 2. The Kier molecular flexibility index (Phi) is 6.09. The quantitative estimate of drug-likeness (QED) is 0.571. The minimum absolute atomic E-state index is 0.0851. The highest BCUT2D eigenvalue weighted by Crippen LogP contribution is 2.34. The number of hydrogen-bond acceptors (Lipinski definition) is 7. The van der Waals surface area contributed by atoms with Gasteiger partial charge in [0.05, 0.1) is 18.9 Å². The highest BCUT2D eigenvalue weighted by atomic mass is 19.1. The number of likely N-dealkylation sites (N-methyl/N-ethyl adjacent to an activating group) is 1. The number of anilines is 1. The van der Waals surface area contributed by atoms with Crippen LogP contribution in [0.5, 0.6) is 5.75 Å². The fourth-order valence-corrected chi connectivity index (χ4v) is 4.24. The Labute approximate surface area is 198 Å². The fourth-order valence-electron chi connectivity index (χ4n) is 4.24. The second kappa shape index (κ2) is 8.73. The summed E-state index contributed by atoms with van der Waals surface area (Å²) in [5.41, 5.74) is 1.97. The van der Waals surface area contributed by atoms with Crippen LogP contribution in [0.2, 0.25) is 0 Å². The van der Waals surface area contributed by atoms with Gasteiger partial charge >= 0.3 is 6.09 Å². The van der Waals surface area contributed by atoms with E-state index in [0.29, 0.717) is 52.9 Å². The van der Waals surface area contributed by atoms with E-state index in [-0.39, 0.29) is 18.0 Å². The molecule has 1 atom stereocenters. The second-order valence-electron chi connectivity index (χ2n) is 9.65. The first kappa shape index (κ1) is 23.7. The Morgan fingerprint density at radius 1 is 1.26 bits per heavy atom. The van der Waals surface area contributed by atoms with Gasteiger partial charge in [0, 0.05) is 39.3 Å². The molecule has 0 bridgehead atoms. The van der Waals surface area contributed by atoms with Gasteiger partial charge in [-0.15, -0.1) is 0 Å². The van der Waals surface area contributed by atoms with E-state index in [9.17, 15) is 9.18 Å². The number of likely N-dealkylation sites (tertiary alicyclic amines) is 1. The maximum atomic E-state index is 13.9. The summed E-state index contributed by atoms with van der Waals surface area (Å²) in [4.78, 5) is 30.2. The summed E-state index contributed by atoms with van der Waals surface area (Å²) in [5.74, 6) is 1.30. The summed E-state index contributed by atoms with van der Waals surface area (Å²) in [6, 6.07) is 2.88. The molecule has 0 radical (unpaired) electrons. The maximum absolute atomic E-state index is 13.9. The van der Waals surface area contributed by atoms with Gasteiger partial charge in [0.2, 0.25) is 0 Å². The van der Waals surface area contributed by atoms with Gasteiger partial charge < -0.3 is 23.8 Å². The molecule has 1 saturated heterocycles. The molecule has 0 saturated carbocycles. The van der Waals surface area contributed by atoms with Gasteiger partial charge in [0.15, 0.2) is 11.3 Å². The summed E-state index contributed by atoms with van der Waals surface area (Å²) in [5, 5.41) is 0. The number of fused-ring (bicyclic) bond motifs is 1. The first-order chi connectivity index (χ1) is 16.0. The van der Waals surface area contributed by atoms with Crippen LogP contribution in [0, 0.1) is 12.7 Å². The van der Waals surface area contributed by atoms with Crippen LogP contribution in [0.4, 0.5) is 15.0 Å². The molecule has 1 amide bonds. The number of carbonyl (C=O) groups excluding carboxylic acids is 1. The summed E-state index contributed by atoms with van der Waals surface area (Å²) in [6.45, 7) is 8.57. The van der Waals surface area contributed by atoms with Crippen molar-refractivity contribution in [1.82, 2.24) is 24.4 Å². The van der Waals surface area contributed by atoms with Crippen LogP contribution in [-0.4, -0.2) is 69.4 Å². The lowest BCUT2D eigenvalue weighted by molar-refractivity contribution is 0.0292. The van der Waals surface area contributed by atoms with E-state index in [2.05, 4.69) is 4.98 Å². The lowest BCUT2D eigenvalue weighted by Crippen LogP contribution is -2.39. The minimum Gasteiger partial charge on any atom is -0.496 e. The molecule has 0 N–H and O–H groups in total. The fraction of sp³-hybridized carbons (Fsp3) is 0.500. The molecule has 0 aliphatic carbocycles. The van der Waals surface area contributed by atoms with Gasteiger partial charge in [-0.25, -0.2) is 24.1 Å². The number of carbonyl (C=O) groups is 1. The lowest BCUT2D eigenvalue weighted by atomic mass is 10.1. The second-order valence-corrected chi connectivity index (χ2v) is 9.65. The monoisotopic (exact) mass is 470 g/mol. The van der Waals surface area contributed by atoms with Gasteiger partial charge in [0.1, 0.15) is 28.8 Å². The number of hydrogen-bond donors (Lipinski definition) is 0. The molecule has 4 rings (SSSR count). The first-order valence-corrected chi connectivity index (χ1v) is 11.2. The smallest absolute Gasteiger partial charge is 0.410 e. The van der Waals surface area contributed by atoms with Gasteiger partial charge in [-0.1, -0.05) is 0 Å². The predicted octanol–water partition coefficient (Wildman–Crippen LogP) is 3.93.